The molecule has 2 heterocycles. The minimum atomic E-state index is -3.45. The van der Waals surface area contributed by atoms with Crippen LogP contribution in [0.5, 0.6) is 5.88 Å². The molecule has 4 rings (SSSR count). The van der Waals surface area contributed by atoms with Crippen LogP contribution in [0.3, 0.4) is 0 Å². The Labute approximate surface area is 205 Å². The maximum absolute atomic E-state index is 13.5. The molecule has 2 amide bonds. The Bertz CT molecular complexity index is 1450. The Morgan fingerprint density at radius 2 is 1.83 bits per heavy atom. The Balaban J connectivity index is 1.81. The lowest BCUT2D eigenvalue weighted by molar-refractivity contribution is -0.0691. The molecule has 0 aliphatic heterocycles. The van der Waals surface area contributed by atoms with Crippen LogP contribution in [-0.2, 0) is 0 Å². The fourth-order valence-corrected chi connectivity index (χ4v) is 3.76. The Kier molecular flexibility index (Phi) is 6.81. The van der Waals surface area contributed by atoms with E-state index in [4.69, 9.17) is 28.9 Å². The highest BCUT2D eigenvalue weighted by Gasteiger charge is 2.27. The van der Waals surface area contributed by atoms with Crippen molar-refractivity contribution in [2.75, 3.05) is 5.32 Å². The third-order valence-electron chi connectivity index (χ3n) is 4.78. The first kappa shape index (κ1) is 24.3. The first-order valence-corrected chi connectivity index (χ1v) is 10.5. The molecule has 2 aromatic carbocycles. The van der Waals surface area contributed by atoms with Crippen LogP contribution in [-0.4, -0.2) is 39.4 Å². The summed E-state index contributed by atoms with van der Waals surface area (Å²) >= 11 is 12.6. The molecule has 4 aromatic rings. The summed E-state index contributed by atoms with van der Waals surface area (Å²) in [5, 5.41) is 7.54. The molecule has 1 unspecified atom stereocenters. The van der Waals surface area contributed by atoms with Crippen molar-refractivity contribution >= 4 is 51.5 Å². The van der Waals surface area contributed by atoms with Crippen molar-refractivity contribution in [3.8, 4) is 11.7 Å². The zero-order valence-electron chi connectivity index (χ0n) is 17.4. The van der Waals surface area contributed by atoms with Crippen molar-refractivity contribution in [3.05, 3.63) is 76.0 Å². The topological polar surface area (TPSA) is 112 Å². The van der Waals surface area contributed by atoms with Crippen LogP contribution in [0.15, 0.2) is 54.7 Å². The van der Waals surface area contributed by atoms with E-state index in [1.165, 1.54) is 24.4 Å². The number of hydrogen-bond acceptors (Lipinski definition) is 5. The van der Waals surface area contributed by atoms with E-state index >= 15 is 0 Å². The second-order valence-corrected chi connectivity index (χ2v) is 7.83. The zero-order chi connectivity index (χ0) is 25.3. The minimum absolute atomic E-state index is 0.0326. The molecule has 180 valence electrons. The lowest BCUT2D eigenvalue weighted by atomic mass is 10.0. The van der Waals surface area contributed by atoms with Gasteiger partial charge in [-0.15, -0.1) is 5.10 Å². The van der Waals surface area contributed by atoms with Gasteiger partial charge < -0.3 is 15.8 Å². The van der Waals surface area contributed by atoms with Gasteiger partial charge in [0.25, 0.3) is 18.2 Å². The summed E-state index contributed by atoms with van der Waals surface area (Å²) in [6, 6.07) is 12.1. The van der Waals surface area contributed by atoms with Crippen molar-refractivity contribution in [2.24, 2.45) is 5.73 Å². The molecular formula is C22H14Cl2F3N5O3. The number of primary amides is 1. The van der Waals surface area contributed by atoms with Gasteiger partial charge in [-0.1, -0.05) is 47.5 Å². The molecule has 0 radical (unpaired) electrons. The number of hydrogen-bond donors (Lipinski definition) is 2. The van der Waals surface area contributed by atoms with Crippen molar-refractivity contribution in [1.82, 2.24) is 14.8 Å². The summed E-state index contributed by atoms with van der Waals surface area (Å²) in [5.41, 5.74) is 4.98. The van der Waals surface area contributed by atoms with E-state index in [-0.39, 0.29) is 32.8 Å². The molecule has 13 heteroatoms. The van der Waals surface area contributed by atoms with E-state index in [0.29, 0.717) is 10.8 Å². The summed E-state index contributed by atoms with van der Waals surface area (Å²) < 4.78 is 44.2. The number of pyridine rings is 1. The highest BCUT2D eigenvalue weighted by molar-refractivity contribution is 6.40. The zero-order valence-corrected chi connectivity index (χ0v) is 18.9. The number of carbonyl (C=O) groups excluding carboxylic acids is 2. The highest BCUT2D eigenvalue weighted by Crippen LogP contribution is 2.35. The number of aromatic nitrogens is 3. The molecule has 0 aliphatic carbocycles. The van der Waals surface area contributed by atoms with E-state index in [9.17, 15) is 22.8 Å². The normalized spacial score (nSPS) is 12.1. The molecule has 35 heavy (non-hydrogen) atoms. The summed E-state index contributed by atoms with van der Waals surface area (Å²) in [4.78, 5) is 29.4. The maximum atomic E-state index is 13.5. The standard InChI is InChI=1S/C22H14Cl2F3N5O3/c23-13-6-3-7-29-21(13)32-14(9-15(31-32)35-19(27)18(25)26)22(34)30-17-12(20(28)33)8-10-4-1-2-5-11(10)16(17)24/h1-9,18-19H,(H2,28,33)(H,30,34). The molecule has 0 fully saturated rings. The van der Waals surface area contributed by atoms with Crippen LogP contribution < -0.4 is 15.8 Å². The number of fused-ring (bicyclic) bond motifs is 1. The maximum Gasteiger partial charge on any atom is 0.304 e. The highest BCUT2D eigenvalue weighted by atomic mass is 35.5. The average Bonchev–Trinajstić information content (AvgIpc) is 3.24. The number of ether oxygens (including phenoxy) is 1. The first-order chi connectivity index (χ1) is 16.7. The van der Waals surface area contributed by atoms with Crippen molar-refractivity contribution < 1.29 is 27.5 Å². The van der Waals surface area contributed by atoms with Gasteiger partial charge in [0.05, 0.1) is 21.3 Å². The molecule has 0 bridgehead atoms. The Morgan fingerprint density at radius 3 is 2.51 bits per heavy atom. The fraction of sp³-hybridized carbons (Fsp3) is 0.0909. The van der Waals surface area contributed by atoms with Crippen molar-refractivity contribution in [1.29, 1.82) is 0 Å². The number of carbonyl (C=O) groups is 2. The minimum Gasteiger partial charge on any atom is -0.436 e. The van der Waals surface area contributed by atoms with Crippen LogP contribution in [0, 0.1) is 0 Å². The van der Waals surface area contributed by atoms with Gasteiger partial charge in [-0.3, -0.25) is 9.59 Å². The number of nitrogens with two attached hydrogens (primary N) is 1. The Hall–Kier alpha value is -3.83. The summed E-state index contributed by atoms with van der Waals surface area (Å²) in [6.45, 7) is 0. The first-order valence-electron chi connectivity index (χ1n) is 9.79. The van der Waals surface area contributed by atoms with Gasteiger partial charge in [-0.2, -0.15) is 4.39 Å². The number of nitrogens with one attached hydrogen (secondary N) is 1. The quantitative estimate of drug-likeness (QED) is 0.353. The fourth-order valence-electron chi connectivity index (χ4n) is 3.24. The van der Waals surface area contributed by atoms with Crippen LogP contribution >= 0.6 is 23.2 Å². The third-order valence-corrected chi connectivity index (χ3v) is 5.47. The van der Waals surface area contributed by atoms with Gasteiger partial charge >= 0.3 is 6.43 Å². The van der Waals surface area contributed by atoms with Crippen LogP contribution in [0.25, 0.3) is 16.6 Å². The molecular weight excluding hydrogens is 510 g/mol. The number of amides is 2. The lowest BCUT2D eigenvalue weighted by Gasteiger charge is -2.14. The summed E-state index contributed by atoms with van der Waals surface area (Å²) in [7, 11) is 0. The van der Waals surface area contributed by atoms with Crippen LogP contribution in [0.4, 0.5) is 18.9 Å². The van der Waals surface area contributed by atoms with E-state index in [0.717, 1.165) is 10.7 Å². The molecule has 1 atom stereocenters. The predicted octanol–water partition coefficient (Wildman–Crippen LogP) is 5.02. The van der Waals surface area contributed by atoms with Gasteiger partial charge in [-0.05, 0) is 23.6 Å². The number of benzene rings is 2. The molecule has 8 nitrogen and oxygen atoms in total. The van der Waals surface area contributed by atoms with Gasteiger partial charge in [-0.25, -0.2) is 18.4 Å². The number of anilines is 1. The van der Waals surface area contributed by atoms with E-state index in [1.807, 2.05) is 0 Å². The van der Waals surface area contributed by atoms with Crippen molar-refractivity contribution in [2.45, 2.75) is 12.8 Å². The van der Waals surface area contributed by atoms with Crippen LogP contribution in [0.2, 0.25) is 10.0 Å². The van der Waals surface area contributed by atoms with Gasteiger partial charge in [0.2, 0.25) is 5.88 Å². The summed E-state index contributed by atoms with van der Waals surface area (Å²) in [5.74, 6) is -2.48. The van der Waals surface area contributed by atoms with E-state index in [1.54, 1.807) is 24.3 Å². The smallest absolute Gasteiger partial charge is 0.304 e. The molecule has 0 spiro atoms. The number of nitrogens with zero attached hydrogens (tertiary/aromatic N) is 3. The summed E-state index contributed by atoms with van der Waals surface area (Å²) in [6.07, 6.45) is -5.11. The van der Waals surface area contributed by atoms with Gasteiger partial charge in [0.1, 0.15) is 5.69 Å². The van der Waals surface area contributed by atoms with Crippen molar-refractivity contribution in [3.63, 3.8) is 0 Å². The average molecular weight is 524 g/mol. The van der Waals surface area contributed by atoms with Gasteiger partial charge in [0, 0.05) is 17.6 Å². The molecule has 0 aliphatic rings. The second-order valence-electron chi connectivity index (χ2n) is 7.04. The Morgan fingerprint density at radius 1 is 1.09 bits per heavy atom. The predicted molar refractivity (Wildman–Crippen MR) is 123 cm³/mol. The second kappa shape index (κ2) is 9.80. The van der Waals surface area contributed by atoms with E-state index < -0.39 is 30.5 Å². The SMILES string of the molecule is NC(=O)c1cc2ccccc2c(Cl)c1NC(=O)c1cc(OC(F)C(F)F)nn1-c1ncccc1Cl. The molecule has 0 saturated carbocycles. The number of halogens is 5. The van der Waals surface area contributed by atoms with Gasteiger partial charge in [0.15, 0.2) is 5.82 Å². The number of rotatable bonds is 7. The third kappa shape index (κ3) is 4.86. The van der Waals surface area contributed by atoms with Crippen LogP contribution in [0.1, 0.15) is 20.8 Å². The molecule has 2 aromatic heterocycles. The molecule has 3 N–H and O–H groups in total. The monoisotopic (exact) mass is 523 g/mol. The number of alkyl halides is 3. The van der Waals surface area contributed by atoms with E-state index in [2.05, 4.69) is 20.1 Å². The lowest BCUT2D eigenvalue weighted by Crippen LogP contribution is -2.21. The molecule has 0 saturated heterocycles. The largest absolute Gasteiger partial charge is 0.436 e.